The van der Waals surface area contributed by atoms with Gasteiger partial charge in [0.1, 0.15) is 0 Å². The van der Waals surface area contributed by atoms with Crippen molar-refractivity contribution in [1.82, 2.24) is 10.2 Å². The van der Waals surface area contributed by atoms with Gasteiger partial charge in [-0.3, -0.25) is 9.59 Å². The number of hydrogen-bond donors (Lipinski definition) is 1. The molecule has 4 nitrogen and oxygen atoms in total. The minimum atomic E-state index is -4.29. The Morgan fingerprint density at radius 2 is 2.00 bits per heavy atom. The highest BCUT2D eigenvalue weighted by atomic mass is 19.4. The Balaban J connectivity index is 2.10. The summed E-state index contributed by atoms with van der Waals surface area (Å²) in [5.41, 5.74) is -1.23. The summed E-state index contributed by atoms with van der Waals surface area (Å²) < 4.78 is 39.0. The summed E-state index contributed by atoms with van der Waals surface area (Å²) in [6, 6.07) is 0. The highest BCUT2D eigenvalue weighted by molar-refractivity contribution is 5.84. The van der Waals surface area contributed by atoms with E-state index in [1.807, 2.05) is 0 Å². The van der Waals surface area contributed by atoms with Crippen LogP contribution in [0.4, 0.5) is 13.2 Å². The highest BCUT2D eigenvalue weighted by Crippen LogP contribution is 2.45. The molecule has 0 spiro atoms. The van der Waals surface area contributed by atoms with Gasteiger partial charge in [-0.25, -0.2) is 0 Å². The number of rotatable bonds is 1. The topological polar surface area (TPSA) is 49.4 Å². The fourth-order valence-corrected chi connectivity index (χ4v) is 3.21. The molecule has 2 aliphatic rings. The lowest BCUT2D eigenvalue weighted by atomic mass is 9.87. The standard InChI is InChI=1S/C13H19F3N2O2/c1-12(2)9(13(14,15)16)5-6-18(12)11(20)8-3-4-10(19)17-7-8/h8-9H,3-7H2,1-2H3,(H,17,19)/t8-,9-/m1/s1. The predicted octanol–water partition coefficient (Wildman–Crippen LogP) is 1.70. The average Bonchev–Trinajstić information content (AvgIpc) is 2.64. The summed E-state index contributed by atoms with van der Waals surface area (Å²) in [5.74, 6) is -2.28. The van der Waals surface area contributed by atoms with Crippen molar-refractivity contribution in [2.75, 3.05) is 13.1 Å². The molecule has 0 saturated carbocycles. The zero-order valence-corrected chi connectivity index (χ0v) is 11.6. The number of amides is 2. The molecule has 0 aromatic heterocycles. The first-order valence-corrected chi connectivity index (χ1v) is 6.79. The molecular weight excluding hydrogens is 273 g/mol. The van der Waals surface area contributed by atoms with Crippen molar-refractivity contribution >= 4 is 11.8 Å². The van der Waals surface area contributed by atoms with Crippen molar-refractivity contribution < 1.29 is 22.8 Å². The zero-order valence-electron chi connectivity index (χ0n) is 11.6. The Morgan fingerprint density at radius 1 is 1.35 bits per heavy atom. The number of alkyl halides is 3. The summed E-state index contributed by atoms with van der Waals surface area (Å²) in [6.07, 6.45) is -3.68. The molecule has 2 amide bonds. The van der Waals surface area contributed by atoms with Gasteiger partial charge in [-0.05, 0) is 26.7 Å². The van der Waals surface area contributed by atoms with Crippen molar-refractivity contribution in [3.8, 4) is 0 Å². The molecule has 2 atom stereocenters. The quantitative estimate of drug-likeness (QED) is 0.800. The maximum atomic E-state index is 13.0. The molecule has 20 heavy (non-hydrogen) atoms. The molecule has 2 rings (SSSR count). The van der Waals surface area contributed by atoms with Crippen LogP contribution in [0.15, 0.2) is 0 Å². The lowest BCUT2D eigenvalue weighted by Gasteiger charge is -2.39. The van der Waals surface area contributed by atoms with Crippen LogP contribution in [0, 0.1) is 11.8 Å². The minimum Gasteiger partial charge on any atom is -0.355 e. The Bertz CT molecular complexity index is 410. The van der Waals surface area contributed by atoms with Crippen LogP contribution in [-0.2, 0) is 9.59 Å². The lowest BCUT2D eigenvalue weighted by Crippen LogP contribution is -2.53. The number of nitrogens with one attached hydrogen (secondary N) is 1. The first-order chi connectivity index (χ1) is 9.14. The molecule has 7 heteroatoms. The van der Waals surface area contributed by atoms with Gasteiger partial charge in [0.2, 0.25) is 11.8 Å². The number of piperidine rings is 1. The van der Waals surface area contributed by atoms with Crippen LogP contribution in [0.3, 0.4) is 0 Å². The predicted molar refractivity (Wildman–Crippen MR) is 65.7 cm³/mol. The van der Waals surface area contributed by atoms with Crippen LogP contribution in [0.5, 0.6) is 0 Å². The fraction of sp³-hybridized carbons (Fsp3) is 0.846. The molecule has 1 N–H and O–H groups in total. The van der Waals surface area contributed by atoms with E-state index in [4.69, 9.17) is 0 Å². The SMILES string of the molecule is CC1(C)[C@H](C(F)(F)F)CCN1C(=O)[C@@H]1CCC(=O)NC1. The molecular formula is C13H19F3N2O2. The number of carbonyl (C=O) groups is 2. The molecule has 2 saturated heterocycles. The van der Waals surface area contributed by atoms with Crippen LogP contribution in [0.2, 0.25) is 0 Å². The molecule has 0 aromatic carbocycles. The van der Waals surface area contributed by atoms with Crippen molar-refractivity contribution in [2.45, 2.75) is 44.8 Å². The molecule has 0 radical (unpaired) electrons. The van der Waals surface area contributed by atoms with Gasteiger partial charge >= 0.3 is 6.18 Å². The van der Waals surface area contributed by atoms with Gasteiger partial charge in [0.15, 0.2) is 0 Å². The van der Waals surface area contributed by atoms with Crippen LogP contribution in [0.1, 0.15) is 33.1 Å². The van der Waals surface area contributed by atoms with E-state index < -0.39 is 23.6 Å². The Hall–Kier alpha value is -1.27. The monoisotopic (exact) mass is 292 g/mol. The van der Waals surface area contributed by atoms with Gasteiger partial charge in [0, 0.05) is 25.0 Å². The molecule has 2 heterocycles. The molecule has 0 aromatic rings. The second kappa shape index (κ2) is 4.93. The summed E-state index contributed by atoms with van der Waals surface area (Å²) >= 11 is 0. The van der Waals surface area contributed by atoms with E-state index in [2.05, 4.69) is 5.32 Å². The summed E-state index contributed by atoms with van der Waals surface area (Å²) in [5, 5.41) is 2.60. The van der Waals surface area contributed by atoms with Crippen molar-refractivity contribution in [3.05, 3.63) is 0 Å². The first-order valence-electron chi connectivity index (χ1n) is 6.79. The van der Waals surface area contributed by atoms with E-state index in [1.165, 1.54) is 18.7 Å². The van der Waals surface area contributed by atoms with E-state index in [1.54, 1.807) is 0 Å². The average molecular weight is 292 g/mol. The van der Waals surface area contributed by atoms with E-state index in [0.717, 1.165) is 0 Å². The molecule has 0 aliphatic carbocycles. The molecule has 114 valence electrons. The second-order valence-corrected chi connectivity index (χ2v) is 6.07. The van der Waals surface area contributed by atoms with Crippen LogP contribution < -0.4 is 5.32 Å². The third kappa shape index (κ3) is 2.62. The molecule has 2 aliphatic heterocycles. The second-order valence-electron chi connectivity index (χ2n) is 6.07. The number of likely N-dealkylation sites (tertiary alicyclic amines) is 1. The largest absolute Gasteiger partial charge is 0.394 e. The maximum Gasteiger partial charge on any atom is 0.394 e. The van der Waals surface area contributed by atoms with Gasteiger partial charge in [-0.2, -0.15) is 13.2 Å². The Kier molecular flexibility index (Phi) is 3.73. The normalized spacial score (nSPS) is 30.2. The van der Waals surface area contributed by atoms with Gasteiger partial charge < -0.3 is 10.2 Å². The highest BCUT2D eigenvalue weighted by Gasteiger charge is 2.56. The number of carbonyl (C=O) groups excluding carboxylic acids is 2. The Labute approximate surface area is 115 Å². The summed E-state index contributed by atoms with van der Waals surface area (Å²) in [6.45, 7) is 3.29. The smallest absolute Gasteiger partial charge is 0.355 e. The first kappa shape index (κ1) is 15.1. The van der Waals surface area contributed by atoms with Crippen LogP contribution >= 0.6 is 0 Å². The summed E-state index contributed by atoms with van der Waals surface area (Å²) in [4.78, 5) is 24.8. The van der Waals surface area contributed by atoms with E-state index in [-0.39, 0.29) is 37.7 Å². The zero-order chi connectivity index (χ0) is 15.1. The maximum absolute atomic E-state index is 13.0. The van der Waals surface area contributed by atoms with E-state index in [9.17, 15) is 22.8 Å². The van der Waals surface area contributed by atoms with E-state index in [0.29, 0.717) is 6.42 Å². The minimum absolute atomic E-state index is 0.0542. The van der Waals surface area contributed by atoms with Gasteiger partial charge in [0.25, 0.3) is 0 Å². The summed E-state index contributed by atoms with van der Waals surface area (Å²) in [7, 11) is 0. The van der Waals surface area contributed by atoms with Crippen LogP contribution in [0.25, 0.3) is 0 Å². The molecule has 0 unspecified atom stereocenters. The number of nitrogens with zero attached hydrogens (tertiary/aromatic N) is 1. The molecule has 2 fully saturated rings. The Morgan fingerprint density at radius 3 is 2.45 bits per heavy atom. The lowest BCUT2D eigenvalue weighted by molar-refractivity contribution is -0.192. The van der Waals surface area contributed by atoms with Crippen LogP contribution in [-0.4, -0.2) is 41.5 Å². The molecule has 0 bridgehead atoms. The van der Waals surface area contributed by atoms with Gasteiger partial charge in [0.05, 0.1) is 11.8 Å². The number of hydrogen-bond acceptors (Lipinski definition) is 2. The number of halogens is 3. The van der Waals surface area contributed by atoms with Crippen molar-refractivity contribution in [3.63, 3.8) is 0 Å². The van der Waals surface area contributed by atoms with Crippen molar-refractivity contribution in [1.29, 1.82) is 0 Å². The van der Waals surface area contributed by atoms with Gasteiger partial charge in [-0.1, -0.05) is 0 Å². The van der Waals surface area contributed by atoms with E-state index >= 15 is 0 Å². The van der Waals surface area contributed by atoms with Gasteiger partial charge in [-0.15, -0.1) is 0 Å². The third-order valence-corrected chi connectivity index (χ3v) is 4.47. The third-order valence-electron chi connectivity index (χ3n) is 4.47. The van der Waals surface area contributed by atoms with Crippen molar-refractivity contribution in [2.24, 2.45) is 11.8 Å². The fourth-order valence-electron chi connectivity index (χ4n) is 3.21.